The minimum atomic E-state index is -0.895. The van der Waals surface area contributed by atoms with Gasteiger partial charge in [-0.05, 0) is 35.9 Å². The Morgan fingerprint density at radius 1 is 1.07 bits per heavy atom. The maximum Gasteiger partial charge on any atom is 0.167 e. The van der Waals surface area contributed by atoms with Gasteiger partial charge in [0.15, 0.2) is 11.5 Å². The molecule has 5 nitrogen and oxygen atoms in total. The molecule has 1 unspecified atom stereocenters. The molecule has 0 saturated heterocycles. The van der Waals surface area contributed by atoms with Crippen molar-refractivity contribution in [3.8, 4) is 11.5 Å². The van der Waals surface area contributed by atoms with E-state index >= 15 is 0 Å². The van der Waals surface area contributed by atoms with Crippen molar-refractivity contribution in [1.82, 2.24) is 9.97 Å². The van der Waals surface area contributed by atoms with Crippen LogP contribution in [-0.4, -0.2) is 22.2 Å². The first-order valence-electron chi connectivity index (χ1n) is 8.81. The van der Waals surface area contributed by atoms with Crippen molar-refractivity contribution >= 4 is 22.6 Å². The van der Waals surface area contributed by atoms with Crippen LogP contribution < -0.4 is 9.47 Å². The van der Waals surface area contributed by atoms with Gasteiger partial charge in [-0.2, -0.15) is 0 Å². The summed E-state index contributed by atoms with van der Waals surface area (Å²) in [5.74, 6) is 1.06. The number of para-hydroxylation sites is 1. The predicted octanol–water partition coefficient (Wildman–Crippen LogP) is 4.89. The van der Waals surface area contributed by atoms with Crippen molar-refractivity contribution in [3.05, 3.63) is 88.7 Å². The molecule has 2 N–H and O–H groups in total. The third-order valence-electron chi connectivity index (χ3n) is 4.60. The second-order valence-corrected chi connectivity index (χ2v) is 6.78. The Hall–Kier alpha value is -3.02. The lowest BCUT2D eigenvalue weighted by molar-refractivity contribution is 0.207. The lowest BCUT2D eigenvalue weighted by Gasteiger charge is -2.18. The van der Waals surface area contributed by atoms with Crippen LogP contribution in [0.5, 0.6) is 11.5 Å². The SMILES string of the molecule is COc1cccc(C(O)c2c[nH]c3ncccc23)c1OCc1ccc(Cl)cc1. The smallest absolute Gasteiger partial charge is 0.167 e. The first-order chi connectivity index (χ1) is 13.7. The monoisotopic (exact) mass is 394 g/mol. The number of nitrogens with zero attached hydrogens (tertiary/aromatic N) is 1. The molecule has 0 saturated carbocycles. The summed E-state index contributed by atoms with van der Waals surface area (Å²) in [4.78, 5) is 7.38. The number of pyridine rings is 1. The molecule has 2 aromatic carbocycles. The van der Waals surface area contributed by atoms with E-state index < -0.39 is 6.10 Å². The van der Waals surface area contributed by atoms with Gasteiger partial charge in [-0.15, -0.1) is 0 Å². The Morgan fingerprint density at radius 2 is 1.89 bits per heavy atom. The van der Waals surface area contributed by atoms with E-state index in [4.69, 9.17) is 21.1 Å². The first-order valence-corrected chi connectivity index (χ1v) is 9.19. The Balaban J connectivity index is 1.69. The van der Waals surface area contributed by atoms with Crippen LogP contribution in [0.4, 0.5) is 0 Å². The standard InChI is InChI=1S/C22H19ClN2O3/c1-27-19-6-2-4-17(21(19)28-13-14-7-9-15(23)10-8-14)20(26)18-12-25-22-16(18)5-3-11-24-22/h2-12,20,26H,13H2,1H3,(H,24,25). The van der Waals surface area contributed by atoms with Gasteiger partial charge in [0, 0.05) is 33.9 Å². The number of hydrogen-bond donors (Lipinski definition) is 2. The van der Waals surface area contributed by atoms with Crippen LogP contribution >= 0.6 is 11.6 Å². The number of nitrogens with one attached hydrogen (secondary N) is 1. The number of hydrogen-bond acceptors (Lipinski definition) is 4. The highest BCUT2D eigenvalue weighted by Gasteiger charge is 2.22. The van der Waals surface area contributed by atoms with Crippen LogP contribution in [0.25, 0.3) is 11.0 Å². The van der Waals surface area contributed by atoms with Crippen molar-refractivity contribution in [2.45, 2.75) is 12.7 Å². The van der Waals surface area contributed by atoms with E-state index in [1.807, 2.05) is 54.6 Å². The van der Waals surface area contributed by atoms with Gasteiger partial charge < -0.3 is 19.6 Å². The third kappa shape index (κ3) is 3.54. The van der Waals surface area contributed by atoms with Crippen molar-refractivity contribution in [2.24, 2.45) is 0 Å². The number of aromatic nitrogens is 2. The van der Waals surface area contributed by atoms with Gasteiger partial charge >= 0.3 is 0 Å². The quantitative estimate of drug-likeness (QED) is 0.488. The van der Waals surface area contributed by atoms with E-state index in [0.717, 1.165) is 22.2 Å². The Kier molecular flexibility index (Phi) is 5.19. The second-order valence-electron chi connectivity index (χ2n) is 6.34. The largest absolute Gasteiger partial charge is 0.493 e. The van der Waals surface area contributed by atoms with E-state index in [9.17, 15) is 5.11 Å². The highest BCUT2D eigenvalue weighted by atomic mass is 35.5. The molecule has 0 bridgehead atoms. The number of rotatable bonds is 6. The van der Waals surface area contributed by atoms with Gasteiger partial charge in [0.1, 0.15) is 18.4 Å². The second kappa shape index (κ2) is 7.92. The van der Waals surface area contributed by atoms with Crippen molar-refractivity contribution < 1.29 is 14.6 Å². The summed E-state index contributed by atoms with van der Waals surface area (Å²) in [5, 5.41) is 12.6. The third-order valence-corrected chi connectivity index (χ3v) is 4.85. The van der Waals surface area contributed by atoms with Gasteiger partial charge in [-0.1, -0.05) is 35.9 Å². The normalized spacial score (nSPS) is 12.1. The molecule has 0 aliphatic rings. The summed E-state index contributed by atoms with van der Waals surface area (Å²) >= 11 is 5.95. The number of fused-ring (bicyclic) bond motifs is 1. The fourth-order valence-corrected chi connectivity index (χ4v) is 3.30. The molecule has 4 rings (SSSR count). The lowest BCUT2D eigenvalue weighted by atomic mass is 10.0. The average Bonchev–Trinajstić information content (AvgIpc) is 3.17. The van der Waals surface area contributed by atoms with Gasteiger partial charge in [-0.25, -0.2) is 4.98 Å². The fourth-order valence-electron chi connectivity index (χ4n) is 3.17. The summed E-state index contributed by atoms with van der Waals surface area (Å²) < 4.78 is 11.5. The number of aliphatic hydroxyl groups is 1. The minimum absolute atomic E-state index is 0.326. The molecule has 0 spiro atoms. The van der Waals surface area contributed by atoms with E-state index in [1.54, 1.807) is 19.5 Å². The maximum absolute atomic E-state index is 11.1. The molecule has 0 radical (unpaired) electrons. The zero-order chi connectivity index (χ0) is 19.5. The molecular weight excluding hydrogens is 376 g/mol. The molecule has 2 aromatic heterocycles. The topological polar surface area (TPSA) is 67.4 Å². The van der Waals surface area contributed by atoms with E-state index in [0.29, 0.717) is 28.7 Å². The molecule has 0 aliphatic heterocycles. The van der Waals surface area contributed by atoms with Crippen LogP contribution in [-0.2, 0) is 6.61 Å². The average molecular weight is 395 g/mol. The number of H-pyrrole nitrogens is 1. The fraction of sp³-hybridized carbons (Fsp3) is 0.136. The van der Waals surface area contributed by atoms with Crippen molar-refractivity contribution in [3.63, 3.8) is 0 Å². The molecule has 6 heteroatoms. The zero-order valence-electron chi connectivity index (χ0n) is 15.2. The van der Waals surface area contributed by atoms with E-state index in [-0.39, 0.29) is 0 Å². The molecule has 142 valence electrons. The minimum Gasteiger partial charge on any atom is -0.493 e. The first kappa shape index (κ1) is 18.3. The lowest BCUT2D eigenvalue weighted by Crippen LogP contribution is -2.06. The van der Waals surface area contributed by atoms with Crippen LogP contribution in [0.3, 0.4) is 0 Å². The van der Waals surface area contributed by atoms with Crippen LogP contribution in [0, 0.1) is 0 Å². The van der Waals surface area contributed by atoms with Crippen LogP contribution in [0.1, 0.15) is 22.8 Å². The Morgan fingerprint density at radius 3 is 2.68 bits per heavy atom. The van der Waals surface area contributed by atoms with Gasteiger partial charge in [0.2, 0.25) is 0 Å². The number of methoxy groups -OCH3 is 1. The van der Waals surface area contributed by atoms with Gasteiger partial charge in [0.25, 0.3) is 0 Å². The highest BCUT2D eigenvalue weighted by molar-refractivity contribution is 6.30. The molecule has 0 fully saturated rings. The molecule has 28 heavy (non-hydrogen) atoms. The summed E-state index contributed by atoms with van der Waals surface area (Å²) in [7, 11) is 1.58. The molecular formula is C22H19ClN2O3. The van der Waals surface area contributed by atoms with Gasteiger partial charge in [-0.3, -0.25) is 0 Å². The summed E-state index contributed by atoms with van der Waals surface area (Å²) in [5.41, 5.74) is 3.04. The molecule has 1 atom stereocenters. The predicted molar refractivity (Wildman–Crippen MR) is 109 cm³/mol. The number of benzene rings is 2. The summed E-state index contributed by atoms with van der Waals surface area (Å²) in [6.45, 7) is 0.326. The molecule has 2 heterocycles. The molecule has 0 amide bonds. The molecule has 0 aliphatic carbocycles. The van der Waals surface area contributed by atoms with Crippen molar-refractivity contribution in [2.75, 3.05) is 7.11 Å². The highest BCUT2D eigenvalue weighted by Crippen LogP contribution is 2.39. The number of aromatic amines is 1. The van der Waals surface area contributed by atoms with E-state index in [2.05, 4.69) is 9.97 Å². The van der Waals surface area contributed by atoms with E-state index in [1.165, 1.54) is 0 Å². The number of aliphatic hydroxyl groups excluding tert-OH is 1. The maximum atomic E-state index is 11.1. The Labute approximate surface area is 167 Å². The van der Waals surface area contributed by atoms with Crippen LogP contribution in [0.2, 0.25) is 5.02 Å². The van der Waals surface area contributed by atoms with Crippen molar-refractivity contribution in [1.29, 1.82) is 0 Å². The Bertz CT molecular complexity index is 1090. The number of halogens is 1. The zero-order valence-corrected chi connectivity index (χ0v) is 16.0. The van der Waals surface area contributed by atoms with Gasteiger partial charge in [0.05, 0.1) is 7.11 Å². The summed E-state index contributed by atoms with van der Waals surface area (Å²) in [6.07, 6.45) is 2.58. The molecule has 4 aromatic rings. The van der Waals surface area contributed by atoms with Crippen LogP contribution in [0.15, 0.2) is 67.0 Å². The number of ether oxygens (including phenoxy) is 2. The summed E-state index contributed by atoms with van der Waals surface area (Å²) in [6, 6.07) is 16.7.